The van der Waals surface area contributed by atoms with Crippen LogP contribution in [0.5, 0.6) is 0 Å². The third-order valence-electron chi connectivity index (χ3n) is 3.66. The zero-order valence-electron chi connectivity index (χ0n) is 10.8. The third kappa shape index (κ3) is 5.18. The second-order valence-electron chi connectivity index (χ2n) is 5.14. The summed E-state index contributed by atoms with van der Waals surface area (Å²) in [6.45, 7) is 3.22. The van der Waals surface area contributed by atoms with E-state index in [1.807, 2.05) is 0 Å². The van der Waals surface area contributed by atoms with E-state index in [9.17, 15) is 0 Å². The van der Waals surface area contributed by atoms with Crippen LogP contribution in [0.3, 0.4) is 0 Å². The van der Waals surface area contributed by atoms with Gasteiger partial charge in [0.05, 0.1) is 5.60 Å². The molecule has 1 saturated carbocycles. The lowest BCUT2D eigenvalue weighted by molar-refractivity contribution is -0.0388. The van der Waals surface area contributed by atoms with E-state index in [2.05, 4.69) is 22.9 Å². The molecule has 0 aromatic rings. The molecule has 0 aliphatic heterocycles. The van der Waals surface area contributed by atoms with Gasteiger partial charge < -0.3 is 4.74 Å². The van der Waals surface area contributed by atoms with Gasteiger partial charge in [-0.25, -0.2) is 0 Å². The quantitative estimate of drug-likeness (QED) is 0.361. The predicted octanol–water partition coefficient (Wildman–Crippen LogP) is 5.07. The second-order valence-corrected chi connectivity index (χ2v) is 5.70. The third-order valence-corrected chi connectivity index (χ3v) is 4.69. The Labute approximate surface area is 109 Å². The summed E-state index contributed by atoms with van der Waals surface area (Å²) in [6.07, 6.45) is 13.2. The predicted molar refractivity (Wildman–Crippen MR) is 74.3 cm³/mol. The highest BCUT2D eigenvalue weighted by Gasteiger charge is 2.30. The first kappa shape index (κ1) is 14.5. The highest BCUT2D eigenvalue weighted by molar-refractivity contribution is 9.09. The van der Waals surface area contributed by atoms with Gasteiger partial charge in [0.15, 0.2) is 0 Å². The summed E-state index contributed by atoms with van der Waals surface area (Å²) in [5, 5.41) is 1.02. The molecule has 0 spiro atoms. The molecule has 0 atom stereocenters. The Morgan fingerprint density at radius 3 is 2.25 bits per heavy atom. The lowest BCUT2D eigenvalue weighted by Gasteiger charge is -2.31. The summed E-state index contributed by atoms with van der Waals surface area (Å²) in [6, 6.07) is 0. The summed E-state index contributed by atoms with van der Waals surface area (Å²) >= 11 is 3.66. The molecule has 0 heterocycles. The number of rotatable bonds is 7. The van der Waals surface area contributed by atoms with E-state index in [1.165, 1.54) is 64.2 Å². The SMILES string of the molecule is CCCCCCOC1(CBr)CCCCCC1. The van der Waals surface area contributed by atoms with Crippen LogP contribution >= 0.6 is 15.9 Å². The maximum Gasteiger partial charge on any atom is 0.0778 e. The van der Waals surface area contributed by atoms with Gasteiger partial charge in [0.2, 0.25) is 0 Å². The molecular weight excluding hydrogens is 264 g/mol. The Kier molecular flexibility index (Phi) is 7.72. The summed E-state index contributed by atoms with van der Waals surface area (Å²) in [4.78, 5) is 0. The van der Waals surface area contributed by atoms with E-state index in [0.717, 1.165) is 11.9 Å². The zero-order valence-corrected chi connectivity index (χ0v) is 12.4. The molecule has 1 nitrogen and oxygen atoms in total. The Balaban J connectivity index is 2.22. The average Bonchev–Trinajstić information content (AvgIpc) is 2.55. The molecule has 1 fully saturated rings. The molecule has 0 saturated heterocycles. The van der Waals surface area contributed by atoms with E-state index >= 15 is 0 Å². The van der Waals surface area contributed by atoms with Gasteiger partial charge in [-0.1, -0.05) is 67.8 Å². The molecular formula is C14H27BrO. The van der Waals surface area contributed by atoms with Crippen LogP contribution in [0.1, 0.15) is 71.1 Å². The van der Waals surface area contributed by atoms with Gasteiger partial charge in [-0.2, -0.15) is 0 Å². The van der Waals surface area contributed by atoms with Crippen LogP contribution in [-0.2, 0) is 4.74 Å². The topological polar surface area (TPSA) is 9.23 Å². The molecule has 0 bridgehead atoms. The number of halogens is 1. The molecule has 0 aromatic carbocycles. The number of ether oxygens (including phenoxy) is 1. The van der Waals surface area contributed by atoms with Crippen molar-refractivity contribution < 1.29 is 4.74 Å². The minimum absolute atomic E-state index is 0.169. The van der Waals surface area contributed by atoms with Crippen molar-refractivity contribution in [3.05, 3.63) is 0 Å². The molecule has 0 aromatic heterocycles. The minimum atomic E-state index is 0.169. The molecule has 0 radical (unpaired) electrons. The summed E-state index contributed by atoms with van der Waals surface area (Å²) in [5.41, 5.74) is 0.169. The van der Waals surface area contributed by atoms with Crippen molar-refractivity contribution in [1.29, 1.82) is 0 Å². The monoisotopic (exact) mass is 290 g/mol. The van der Waals surface area contributed by atoms with Crippen LogP contribution in [0.4, 0.5) is 0 Å². The maximum absolute atomic E-state index is 6.20. The number of hydrogen-bond donors (Lipinski definition) is 0. The van der Waals surface area contributed by atoms with Crippen LogP contribution in [-0.4, -0.2) is 17.5 Å². The minimum Gasteiger partial charge on any atom is -0.374 e. The fourth-order valence-electron chi connectivity index (χ4n) is 2.51. The van der Waals surface area contributed by atoms with Crippen LogP contribution < -0.4 is 0 Å². The van der Waals surface area contributed by atoms with Gasteiger partial charge >= 0.3 is 0 Å². The lowest BCUT2D eigenvalue weighted by atomic mass is 9.97. The van der Waals surface area contributed by atoms with E-state index in [0.29, 0.717) is 0 Å². The molecule has 2 heteroatoms. The Morgan fingerprint density at radius 2 is 1.69 bits per heavy atom. The fourth-order valence-corrected chi connectivity index (χ4v) is 3.23. The average molecular weight is 291 g/mol. The molecule has 96 valence electrons. The summed E-state index contributed by atoms with van der Waals surface area (Å²) in [7, 11) is 0. The van der Waals surface area contributed by atoms with Crippen molar-refractivity contribution in [2.24, 2.45) is 0 Å². The molecule has 0 N–H and O–H groups in total. The first-order valence-corrected chi connectivity index (χ1v) is 8.15. The second kappa shape index (κ2) is 8.52. The lowest BCUT2D eigenvalue weighted by Crippen LogP contribution is -2.34. The molecule has 0 unspecified atom stereocenters. The molecule has 1 rings (SSSR count). The van der Waals surface area contributed by atoms with Crippen LogP contribution in [0.25, 0.3) is 0 Å². The van der Waals surface area contributed by atoms with Crippen molar-refractivity contribution in [1.82, 2.24) is 0 Å². The van der Waals surface area contributed by atoms with E-state index in [4.69, 9.17) is 4.74 Å². The van der Waals surface area contributed by atoms with Crippen LogP contribution in [0, 0.1) is 0 Å². The van der Waals surface area contributed by atoms with Gasteiger partial charge in [-0.3, -0.25) is 0 Å². The summed E-state index contributed by atoms with van der Waals surface area (Å²) in [5.74, 6) is 0. The number of unbranched alkanes of at least 4 members (excludes halogenated alkanes) is 3. The maximum atomic E-state index is 6.20. The van der Waals surface area contributed by atoms with Gasteiger partial charge in [0.25, 0.3) is 0 Å². The molecule has 1 aliphatic rings. The van der Waals surface area contributed by atoms with Crippen molar-refractivity contribution in [2.45, 2.75) is 76.7 Å². The molecule has 16 heavy (non-hydrogen) atoms. The van der Waals surface area contributed by atoms with E-state index in [-0.39, 0.29) is 5.60 Å². The normalized spacial score (nSPS) is 20.6. The summed E-state index contributed by atoms with van der Waals surface area (Å²) < 4.78 is 6.20. The standard InChI is InChI=1S/C14H27BrO/c1-2-3-4-9-12-16-14(13-15)10-7-5-6-8-11-14/h2-13H2,1H3. The van der Waals surface area contributed by atoms with Crippen LogP contribution in [0.2, 0.25) is 0 Å². The number of hydrogen-bond acceptors (Lipinski definition) is 1. The first-order chi connectivity index (χ1) is 7.83. The van der Waals surface area contributed by atoms with Gasteiger partial charge in [-0.15, -0.1) is 0 Å². The Bertz CT molecular complexity index is 162. The van der Waals surface area contributed by atoms with Gasteiger partial charge in [0, 0.05) is 11.9 Å². The number of alkyl halides is 1. The van der Waals surface area contributed by atoms with Crippen molar-refractivity contribution >= 4 is 15.9 Å². The molecule has 0 amide bonds. The van der Waals surface area contributed by atoms with Gasteiger partial charge in [-0.05, 0) is 19.3 Å². The zero-order chi connectivity index (χ0) is 11.7. The largest absolute Gasteiger partial charge is 0.374 e. The van der Waals surface area contributed by atoms with E-state index < -0.39 is 0 Å². The Hall–Kier alpha value is 0.440. The smallest absolute Gasteiger partial charge is 0.0778 e. The highest BCUT2D eigenvalue weighted by atomic mass is 79.9. The van der Waals surface area contributed by atoms with Crippen molar-refractivity contribution in [2.75, 3.05) is 11.9 Å². The molecule has 1 aliphatic carbocycles. The van der Waals surface area contributed by atoms with Crippen molar-refractivity contribution in [3.8, 4) is 0 Å². The van der Waals surface area contributed by atoms with Crippen LogP contribution in [0.15, 0.2) is 0 Å². The van der Waals surface area contributed by atoms with Gasteiger partial charge in [0.1, 0.15) is 0 Å². The first-order valence-electron chi connectivity index (χ1n) is 7.03. The van der Waals surface area contributed by atoms with E-state index in [1.54, 1.807) is 0 Å². The fraction of sp³-hybridized carbons (Fsp3) is 1.00. The van der Waals surface area contributed by atoms with Crippen molar-refractivity contribution in [3.63, 3.8) is 0 Å². The Morgan fingerprint density at radius 1 is 1.00 bits per heavy atom. The highest BCUT2D eigenvalue weighted by Crippen LogP contribution is 2.32.